The van der Waals surface area contributed by atoms with Gasteiger partial charge in [-0.05, 0) is 12.6 Å². The quantitative estimate of drug-likeness (QED) is 0.497. The van der Waals surface area contributed by atoms with Crippen LogP contribution in [0.25, 0.3) is 0 Å². The third-order valence-corrected chi connectivity index (χ3v) is 2.20. The van der Waals surface area contributed by atoms with Crippen LogP contribution in [0.15, 0.2) is 0 Å². The van der Waals surface area contributed by atoms with Gasteiger partial charge in [-0.3, -0.25) is 0 Å². The van der Waals surface area contributed by atoms with E-state index in [1.165, 1.54) is 0 Å². The van der Waals surface area contributed by atoms with E-state index in [-0.39, 0.29) is 0 Å². The van der Waals surface area contributed by atoms with Crippen LogP contribution in [-0.2, 0) is 0 Å². The summed E-state index contributed by atoms with van der Waals surface area (Å²) in [5, 5.41) is -4.21. The van der Waals surface area contributed by atoms with Crippen LogP contribution in [0.1, 0.15) is 6.42 Å². The lowest BCUT2D eigenvalue weighted by Gasteiger charge is -2.42. The van der Waals surface area contributed by atoms with Gasteiger partial charge in [0.2, 0.25) is 5.00 Å². The summed E-state index contributed by atoms with van der Waals surface area (Å²) in [6.45, 7) is 0. The fourth-order valence-corrected chi connectivity index (χ4v) is 1.45. The van der Waals surface area contributed by atoms with E-state index in [1.54, 1.807) is 0 Å². The molecule has 2 unspecified atom stereocenters. The largest absolute Gasteiger partial charge is 0.307 e. The molecule has 1 saturated carbocycles. The van der Waals surface area contributed by atoms with Crippen molar-refractivity contribution in [2.24, 2.45) is 0 Å². The molecule has 0 aromatic carbocycles. The van der Waals surface area contributed by atoms with Crippen LogP contribution in [0.3, 0.4) is 0 Å². The molecular formula is C4H3ClF3S. The Hall–Kier alpha value is 0.430. The first-order valence-electron chi connectivity index (χ1n) is 2.29. The minimum absolute atomic E-state index is 0.434. The molecule has 1 rings (SSSR count). The van der Waals surface area contributed by atoms with Crippen LogP contribution in [-0.4, -0.2) is 16.3 Å². The Kier molecular flexibility index (Phi) is 1.44. The van der Waals surface area contributed by atoms with Crippen molar-refractivity contribution < 1.29 is 13.2 Å². The molecule has 0 N–H and O–H groups in total. The van der Waals surface area contributed by atoms with Crippen molar-refractivity contribution in [3.8, 4) is 0 Å². The maximum absolute atomic E-state index is 12.2. The highest BCUT2D eigenvalue weighted by Gasteiger charge is 2.68. The minimum Gasteiger partial charge on any atom is -0.224 e. The van der Waals surface area contributed by atoms with Crippen LogP contribution in [0, 0.1) is 0 Å². The molecule has 0 spiro atoms. The van der Waals surface area contributed by atoms with Crippen molar-refractivity contribution in [2.45, 2.75) is 22.7 Å². The van der Waals surface area contributed by atoms with Crippen molar-refractivity contribution in [1.82, 2.24) is 0 Å². The molecule has 0 heterocycles. The first-order valence-corrected chi connectivity index (χ1v) is 3.13. The molecule has 0 nitrogen and oxygen atoms in total. The van der Waals surface area contributed by atoms with Crippen LogP contribution in [0.5, 0.6) is 0 Å². The smallest absolute Gasteiger partial charge is 0.224 e. The van der Waals surface area contributed by atoms with Gasteiger partial charge in [-0.1, -0.05) is 0 Å². The van der Waals surface area contributed by atoms with Crippen molar-refractivity contribution in [2.75, 3.05) is 0 Å². The SMILES string of the molecule is FC1([S])CC(Cl)C1(F)F. The fourth-order valence-electron chi connectivity index (χ4n) is 0.598. The lowest BCUT2D eigenvalue weighted by molar-refractivity contribution is -0.155. The molecule has 5 heteroatoms. The molecule has 0 saturated heterocycles. The normalized spacial score (nSPS) is 48.3. The minimum atomic E-state index is -3.51. The summed E-state index contributed by atoms with van der Waals surface area (Å²) >= 11 is 8.85. The summed E-state index contributed by atoms with van der Waals surface area (Å²) < 4.78 is 36.4. The van der Waals surface area contributed by atoms with Gasteiger partial charge in [0, 0.05) is 6.42 Å². The highest BCUT2D eigenvalue weighted by atomic mass is 35.5. The molecule has 0 bridgehead atoms. The van der Waals surface area contributed by atoms with E-state index >= 15 is 0 Å². The molecule has 0 aromatic rings. The Labute approximate surface area is 60.8 Å². The maximum Gasteiger partial charge on any atom is 0.307 e. The topological polar surface area (TPSA) is 0 Å². The van der Waals surface area contributed by atoms with E-state index < -0.39 is 22.7 Å². The Bertz CT molecular complexity index is 136. The molecule has 1 radical (unpaired) electrons. The van der Waals surface area contributed by atoms with Crippen LogP contribution < -0.4 is 0 Å². The van der Waals surface area contributed by atoms with E-state index in [9.17, 15) is 13.2 Å². The van der Waals surface area contributed by atoms with Gasteiger partial charge >= 0.3 is 5.92 Å². The van der Waals surface area contributed by atoms with Crippen molar-refractivity contribution in [3.05, 3.63) is 0 Å². The monoisotopic (exact) mass is 175 g/mol. The third-order valence-electron chi connectivity index (χ3n) is 1.33. The molecule has 1 aliphatic carbocycles. The molecule has 0 amide bonds. The summed E-state index contributed by atoms with van der Waals surface area (Å²) in [7, 11) is 0. The average molecular weight is 176 g/mol. The Morgan fingerprint density at radius 3 is 1.89 bits per heavy atom. The number of halogens is 4. The van der Waals surface area contributed by atoms with Gasteiger partial charge in [0.25, 0.3) is 0 Å². The Balaban J connectivity index is 2.70. The number of rotatable bonds is 0. The van der Waals surface area contributed by atoms with Gasteiger partial charge < -0.3 is 0 Å². The lowest BCUT2D eigenvalue weighted by atomic mass is 9.90. The van der Waals surface area contributed by atoms with Gasteiger partial charge in [0.05, 0.1) is 0 Å². The summed E-state index contributed by atoms with van der Waals surface area (Å²) in [4.78, 5) is 0. The molecular weight excluding hydrogens is 173 g/mol. The second kappa shape index (κ2) is 1.72. The first kappa shape index (κ1) is 7.54. The summed E-state index contributed by atoms with van der Waals surface area (Å²) in [6.07, 6.45) is -0.434. The zero-order chi connectivity index (χ0) is 7.28. The zero-order valence-electron chi connectivity index (χ0n) is 4.20. The van der Waals surface area contributed by atoms with Gasteiger partial charge in [-0.15, -0.1) is 11.6 Å². The molecule has 53 valence electrons. The summed E-state index contributed by atoms with van der Waals surface area (Å²) in [6, 6.07) is 0. The van der Waals surface area contributed by atoms with Crippen LogP contribution in [0.2, 0.25) is 0 Å². The van der Waals surface area contributed by atoms with Gasteiger partial charge in [-0.25, -0.2) is 13.2 Å². The molecule has 0 aromatic heterocycles. The van der Waals surface area contributed by atoms with Crippen LogP contribution >= 0.6 is 24.2 Å². The van der Waals surface area contributed by atoms with E-state index in [2.05, 4.69) is 12.6 Å². The number of alkyl halides is 4. The third kappa shape index (κ3) is 0.835. The van der Waals surface area contributed by atoms with E-state index in [0.717, 1.165) is 0 Å². The maximum atomic E-state index is 12.2. The van der Waals surface area contributed by atoms with Crippen molar-refractivity contribution in [1.29, 1.82) is 0 Å². The molecule has 0 aliphatic heterocycles. The van der Waals surface area contributed by atoms with E-state index in [0.29, 0.717) is 0 Å². The predicted molar refractivity (Wildman–Crippen MR) is 30.6 cm³/mol. The van der Waals surface area contributed by atoms with Crippen molar-refractivity contribution in [3.63, 3.8) is 0 Å². The highest BCUT2D eigenvalue weighted by Crippen LogP contribution is 2.54. The first-order chi connectivity index (χ1) is 3.88. The number of hydrogen-bond acceptors (Lipinski definition) is 0. The highest BCUT2D eigenvalue weighted by molar-refractivity contribution is 7.81. The predicted octanol–water partition coefficient (Wildman–Crippen LogP) is 2.50. The summed E-state index contributed by atoms with van der Waals surface area (Å²) in [5.41, 5.74) is 0. The van der Waals surface area contributed by atoms with Gasteiger partial charge in [0.15, 0.2) is 0 Å². The molecule has 1 aliphatic rings. The van der Waals surface area contributed by atoms with E-state index in [4.69, 9.17) is 11.6 Å². The van der Waals surface area contributed by atoms with Crippen molar-refractivity contribution >= 4 is 24.2 Å². The van der Waals surface area contributed by atoms with Gasteiger partial charge in [0.1, 0.15) is 5.38 Å². The summed E-state index contributed by atoms with van der Waals surface area (Å²) in [5.74, 6) is -3.51. The van der Waals surface area contributed by atoms with Crippen LogP contribution in [0.4, 0.5) is 13.2 Å². The van der Waals surface area contributed by atoms with E-state index in [1.807, 2.05) is 0 Å². The standard InChI is InChI=1S/C4H3ClF3S/c5-2-1-3(6,9)4(2,7)8/h2H,1H2. The average Bonchev–Trinajstić information content (AvgIpc) is 1.65. The zero-order valence-corrected chi connectivity index (χ0v) is 5.78. The molecule has 9 heavy (non-hydrogen) atoms. The fraction of sp³-hybridized carbons (Fsp3) is 1.00. The van der Waals surface area contributed by atoms with Gasteiger partial charge in [-0.2, -0.15) is 0 Å². The molecule has 1 fully saturated rings. The number of hydrogen-bond donors (Lipinski definition) is 0. The second-order valence-corrected chi connectivity index (χ2v) is 3.20. The second-order valence-electron chi connectivity index (χ2n) is 2.02. The Morgan fingerprint density at radius 1 is 1.44 bits per heavy atom. The Morgan fingerprint density at radius 2 is 1.89 bits per heavy atom. The lowest BCUT2D eigenvalue weighted by Crippen LogP contribution is -2.59. The molecule has 2 atom stereocenters.